The Bertz CT molecular complexity index is 450. The Morgan fingerprint density at radius 2 is 2.20 bits per heavy atom. The topological polar surface area (TPSA) is 45.4 Å². The average molecular weight is 226 g/mol. The molecule has 1 rings (SSSR count). The number of nitrogens with zero attached hydrogens (tertiary/aromatic N) is 2. The van der Waals surface area contributed by atoms with E-state index in [9.17, 15) is 8.78 Å². The molecule has 0 bridgehead atoms. The van der Waals surface area contributed by atoms with E-state index >= 15 is 0 Å². The maximum Gasteiger partial charge on any atom is 0.387 e. The number of hydrogen-bond donors (Lipinski definition) is 0. The fourth-order valence-corrected chi connectivity index (χ4v) is 1.02. The predicted molar refractivity (Wildman–Crippen MR) is 52.5 cm³/mol. The number of isothiocyanates is 1. The molecule has 0 N–H and O–H groups in total. The first kappa shape index (κ1) is 11.2. The van der Waals surface area contributed by atoms with E-state index in [1.54, 1.807) is 6.07 Å². The Labute approximate surface area is 89.6 Å². The van der Waals surface area contributed by atoms with E-state index in [4.69, 9.17) is 5.26 Å². The lowest BCUT2D eigenvalue weighted by molar-refractivity contribution is -0.0499. The highest BCUT2D eigenvalue weighted by molar-refractivity contribution is 7.78. The minimum absolute atomic E-state index is 0.0126. The first-order valence-electron chi connectivity index (χ1n) is 3.74. The van der Waals surface area contributed by atoms with E-state index < -0.39 is 6.61 Å². The van der Waals surface area contributed by atoms with Crippen molar-refractivity contribution in [2.75, 3.05) is 0 Å². The van der Waals surface area contributed by atoms with Crippen molar-refractivity contribution < 1.29 is 13.5 Å². The zero-order chi connectivity index (χ0) is 11.3. The molecule has 1 aromatic carbocycles. The van der Waals surface area contributed by atoms with Crippen LogP contribution in [0.3, 0.4) is 0 Å². The second-order valence-electron chi connectivity index (χ2n) is 2.37. The lowest BCUT2D eigenvalue weighted by Crippen LogP contribution is -2.03. The van der Waals surface area contributed by atoms with Crippen molar-refractivity contribution in [3.63, 3.8) is 0 Å². The summed E-state index contributed by atoms with van der Waals surface area (Å²) in [6.07, 6.45) is 0. The van der Waals surface area contributed by atoms with Crippen LogP contribution in [0.25, 0.3) is 0 Å². The number of thiocarbonyl (C=S) groups is 1. The predicted octanol–water partition coefficient (Wildman–Crippen LogP) is 2.89. The molecule has 3 nitrogen and oxygen atoms in total. The number of aliphatic imine (C=N–C) groups is 1. The Morgan fingerprint density at radius 1 is 1.47 bits per heavy atom. The van der Waals surface area contributed by atoms with Crippen molar-refractivity contribution in [2.45, 2.75) is 6.61 Å². The van der Waals surface area contributed by atoms with E-state index in [0.29, 0.717) is 5.69 Å². The molecule has 76 valence electrons. The molecule has 6 heteroatoms. The Hall–Kier alpha value is -1.83. The summed E-state index contributed by atoms with van der Waals surface area (Å²) in [5.41, 5.74) is 0.318. The summed E-state index contributed by atoms with van der Waals surface area (Å²) in [5, 5.41) is 10.7. The highest BCUT2D eigenvalue weighted by Gasteiger charge is 2.09. The van der Waals surface area contributed by atoms with Gasteiger partial charge in [0.25, 0.3) is 0 Å². The maximum atomic E-state index is 12.0. The highest BCUT2D eigenvalue weighted by atomic mass is 32.1. The lowest BCUT2D eigenvalue weighted by Gasteiger charge is -2.06. The molecule has 0 fully saturated rings. The molecule has 0 unspecified atom stereocenters. The zero-order valence-corrected chi connectivity index (χ0v) is 8.09. The van der Waals surface area contributed by atoms with Crippen LogP contribution in [-0.4, -0.2) is 11.8 Å². The van der Waals surface area contributed by atoms with Crippen molar-refractivity contribution in [1.82, 2.24) is 0 Å². The number of benzene rings is 1. The van der Waals surface area contributed by atoms with Crippen LogP contribution in [-0.2, 0) is 0 Å². The van der Waals surface area contributed by atoms with Gasteiger partial charge in [0.15, 0.2) is 0 Å². The molecule has 0 saturated carbocycles. The molecule has 0 saturated heterocycles. The first-order chi connectivity index (χ1) is 7.17. The van der Waals surface area contributed by atoms with Gasteiger partial charge < -0.3 is 4.74 Å². The second kappa shape index (κ2) is 5.15. The third kappa shape index (κ3) is 3.09. The summed E-state index contributed by atoms with van der Waals surface area (Å²) in [6.45, 7) is -2.98. The quantitative estimate of drug-likeness (QED) is 0.588. The van der Waals surface area contributed by atoms with Gasteiger partial charge in [-0.25, -0.2) is 0 Å². The molecule has 0 aliphatic heterocycles. The van der Waals surface area contributed by atoms with Crippen LogP contribution in [0.1, 0.15) is 5.56 Å². The van der Waals surface area contributed by atoms with Crippen molar-refractivity contribution in [3.05, 3.63) is 23.8 Å². The molecular formula is C9H4F2N2OS. The van der Waals surface area contributed by atoms with E-state index in [1.807, 2.05) is 0 Å². The van der Waals surface area contributed by atoms with Gasteiger partial charge in [-0.05, 0) is 24.4 Å². The van der Waals surface area contributed by atoms with Gasteiger partial charge in [0.05, 0.1) is 16.4 Å². The van der Waals surface area contributed by atoms with Crippen LogP contribution >= 0.6 is 12.2 Å². The molecule has 15 heavy (non-hydrogen) atoms. The second-order valence-corrected chi connectivity index (χ2v) is 2.56. The Morgan fingerprint density at radius 3 is 2.73 bits per heavy atom. The molecule has 0 aliphatic carbocycles. The summed E-state index contributed by atoms with van der Waals surface area (Å²) in [5.74, 6) is -0.223. The van der Waals surface area contributed by atoms with Gasteiger partial charge in [-0.15, -0.1) is 0 Å². The molecule has 0 aromatic heterocycles. The van der Waals surface area contributed by atoms with Crippen molar-refractivity contribution in [2.24, 2.45) is 4.99 Å². The summed E-state index contributed by atoms with van der Waals surface area (Å²) in [7, 11) is 0. The number of hydrogen-bond acceptors (Lipinski definition) is 4. The molecule has 0 aliphatic rings. The fourth-order valence-electron chi connectivity index (χ4n) is 0.919. The zero-order valence-electron chi connectivity index (χ0n) is 7.28. The lowest BCUT2D eigenvalue weighted by atomic mass is 10.2. The van der Waals surface area contributed by atoms with Crippen LogP contribution in [0.15, 0.2) is 23.2 Å². The first-order valence-corrected chi connectivity index (χ1v) is 4.15. The molecule has 0 spiro atoms. The third-order valence-corrected chi connectivity index (χ3v) is 1.57. The molecule has 0 heterocycles. The molecular weight excluding hydrogens is 222 g/mol. The van der Waals surface area contributed by atoms with E-state index in [0.717, 1.165) is 0 Å². The van der Waals surface area contributed by atoms with E-state index in [-0.39, 0.29) is 11.3 Å². The monoisotopic (exact) mass is 226 g/mol. The number of halogens is 2. The average Bonchev–Trinajstić information content (AvgIpc) is 2.18. The maximum absolute atomic E-state index is 12.0. The van der Waals surface area contributed by atoms with Gasteiger partial charge in [0, 0.05) is 6.07 Å². The van der Waals surface area contributed by atoms with E-state index in [2.05, 4.69) is 27.1 Å². The normalized spacial score (nSPS) is 9.20. The largest absolute Gasteiger partial charge is 0.433 e. The van der Waals surface area contributed by atoms with Gasteiger partial charge in [-0.3, -0.25) is 0 Å². The van der Waals surface area contributed by atoms with Crippen molar-refractivity contribution in [3.8, 4) is 11.8 Å². The van der Waals surface area contributed by atoms with Crippen LogP contribution in [0.5, 0.6) is 5.75 Å². The molecule has 0 amide bonds. The summed E-state index contributed by atoms with van der Waals surface area (Å²) < 4.78 is 28.1. The summed E-state index contributed by atoms with van der Waals surface area (Å²) >= 11 is 4.36. The van der Waals surface area contributed by atoms with Crippen LogP contribution in [0.2, 0.25) is 0 Å². The molecule has 1 aromatic rings. The summed E-state index contributed by atoms with van der Waals surface area (Å²) in [4.78, 5) is 3.58. The van der Waals surface area contributed by atoms with Crippen molar-refractivity contribution >= 4 is 23.1 Å². The Balaban J connectivity index is 3.14. The van der Waals surface area contributed by atoms with Crippen molar-refractivity contribution in [1.29, 1.82) is 5.26 Å². The van der Waals surface area contributed by atoms with Crippen LogP contribution in [0, 0.1) is 11.3 Å². The van der Waals surface area contributed by atoms with Gasteiger partial charge in [-0.2, -0.15) is 19.0 Å². The fraction of sp³-hybridized carbons (Fsp3) is 0.111. The standard InChI is InChI=1S/C9H4F2N2OS/c10-9(11)14-8-3-7(13-5-15)2-1-6(8)4-12/h1-3,9H. The number of nitriles is 1. The van der Waals surface area contributed by atoms with Gasteiger partial charge in [0.1, 0.15) is 11.8 Å². The number of alkyl halides is 2. The van der Waals surface area contributed by atoms with Crippen LogP contribution in [0.4, 0.5) is 14.5 Å². The molecule has 0 radical (unpaired) electrons. The smallest absolute Gasteiger partial charge is 0.387 e. The minimum Gasteiger partial charge on any atom is -0.433 e. The SMILES string of the molecule is N#Cc1ccc(N=C=S)cc1OC(F)F. The highest BCUT2D eigenvalue weighted by Crippen LogP contribution is 2.25. The summed E-state index contributed by atoms with van der Waals surface area (Å²) in [6, 6.07) is 5.70. The molecule has 0 atom stereocenters. The number of ether oxygens (including phenoxy) is 1. The van der Waals surface area contributed by atoms with Gasteiger partial charge in [0.2, 0.25) is 0 Å². The number of rotatable bonds is 3. The van der Waals surface area contributed by atoms with Gasteiger partial charge >= 0.3 is 6.61 Å². The van der Waals surface area contributed by atoms with E-state index in [1.165, 1.54) is 18.2 Å². The third-order valence-electron chi connectivity index (χ3n) is 1.48. The minimum atomic E-state index is -2.98. The van der Waals surface area contributed by atoms with Crippen LogP contribution < -0.4 is 4.74 Å². The Kier molecular flexibility index (Phi) is 3.86. The van der Waals surface area contributed by atoms with Gasteiger partial charge in [-0.1, -0.05) is 0 Å².